The molecule has 3 rings (SSSR count). The molecule has 0 saturated heterocycles. The van der Waals surface area contributed by atoms with Crippen LogP contribution in [-0.2, 0) is 13.0 Å². The highest BCUT2D eigenvalue weighted by atomic mass is 15.1. The van der Waals surface area contributed by atoms with Gasteiger partial charge >= 0.3 is 0 Å². The summed E-state index contributed by atoms with van der Waals surface area (Å²) in [7, 11) is 0. The molecule has 0 unspecified atom stereocenters. The number of imidazole rings is 1. The first-order valence-corrected chi connectivity index (χ1v) is 7.13. The fourth-order valence-electron chi connectivity index (χ4n) is 2.60. The monoisotopic (exact) mass is 265 g/mol. The van der Waals surface area contributed by atoms with Crippen LogP contribution in [0, 0.1) is 6.92 Å². The molecule has 2 aromatic heterocycles. The van der Waals surface area contributed by atoms with Crippen LogP contribution in [0.5, 0.6) is 0 Å². The minimum atomic E-state index is 0.859. The second-order valence-electron chi connectivity index (χ2n) is 5.19. The molecule has 0 aliphatic rings. The lowest BCUT2D eigenvalue weighted by Crippen LogP contribution is -2.05. The van der Waals surface area contributed by atoms with E-state index in [1.807, 2.05) is 18.3 Å². The lowest BCUT2D eigenvalue weighted by Gasteiger charge is -2.07. The Kier molecular flexibility index (Phi) is 3.50. The molecule has 102 valence electrons. The number of nitrogens with zero attached hydrogens (tertiary/aromatic N) is 3. The SMILES string of the molecule is CCCn1c(Cc2cccc(C)c2)nc2cccnc21. The van der Waals surface area contributed by atoms with Crippen LogP contribution in [0.15, 0.2) is 42.6 Å². The van der Waals surface area contributed by atoms with Crippen LogP contribution in [0.2, 0.25) is 0 Å². The van der Waals surface area contributed by atoms with Crippen molar-refractivity contribution in [1.82, 2.24) is 14.5 Å². The first-order chi connectivity index (χ1) is 9.78. The smallest absolute Gasteiger partial charge is 0.159 e. The Balaban J connectivity index is 2.04. The molecule has 1 aromatic carbocycles. The fraction of sp³-hybridized carbons (Fsp3) is 0.294. The van der Waals surface area contributed by atoms with Crippen molar-refractivity contribution in [1.29, 1.82) is 0 Å². The van der Waals surface area contributed by atoms with Gasteiger partial charge in [0.05, 0.1) is 0 Å². The maximum atomic E-state index is 4.76. The number of fused-ring (bicyclic) bond motifs is 1. The van der Waals surface area contributed by atoms with Gasteiger partial charge in [0.25, 0.3) is 0 Å². The van der Waals surface area contributed by atoms with Gasteiger partial charge in [-0.1, -0.05) is 36.8 Å². The highest BCUT2D eigenvalue weighted by Gasteiger charge is 2.11. The summed E-state index contributed by atoms with van der Waals surface area (Å²) in [5, 5.41) is 0. The third-order valence-corrected chi connectivity index (χ3v) is 3.47. The molecule has 0 aliphatic carbocycles. The number of hydrogen-bond donors (Lipinski definition) is 0. The summed E-state index contributed by atoms with van der Waals surface area (Å²) < 4.78 is 2.25. The van der Waals surface area contributed by atoms with Crippen molar-refractivity contribution in [3.05, 3.63) is 59.5 Å². The predicted octanol–water partition coefficient (Wildman–Crippen LogP) is 3.74. The Labute approximate surface area is 119 Å². The lowest BCUT2D eigenvalue weighted by molar-refractivity contribution is 0.659. The molecule has 0 atom stereocenters. The molecule has 0 saturated carbocycles. The quantitative estimate of drug-likeness (QED) is 0.719. The van der Waals surface area contributed by atoms with E-state index in [-0.39, 0.29) is 0 Å². The van der Waals surface area contributed by atoms with Crippen LogP contribution in [0.4, 0.5) is 0 Å². The Hall–Kier alpha value is -2.16. The number of rotatable bonds is 4. The summed E-state index contributed by atoms with van der Waals surface area (Å²) in [5.74, 6) is 1.10. The summed E-state index contributed by atoms with van der Waals surface area (Å²) in [6.07, 6.45) is 3.79. The van der Waals surface area contributed by atoms with Gasteiger partial charge in [0.1, 0.15) is 11.3 Å². The fourth-order valence-corrected chi connectivity index (χ4v) is 2.60. The van der Waals surface area contributed by atoms with Crippen molar-refractivity contribution in [3.8, 4) is 0 Å². The molecule has 0 bridgehead atoms. The van der Waals surface area contributed by atoms with E-state index in [2.05, 4.69) is 47.7 Å². The standard InChI is InChI=1S/C17H19N3/c1-3-10-20-16(12-14-7-4-6-13(2)11-14)19-15-8-5-9-18-17(15)20/h4-9,11H,3,10,12H2,1-2H3. The second kappa shape index (κ2) is 5.45. The van der Waals surface area contributed by atoms with E-state index in [4.69, 9.17) is 4.98 Å². The van der Waals surface area contributed by atoms with Crippen LogP contribution < -0.4 is 0 Å². The zero-order chi connectivity index (χ0) is 13.9. The minimum absolute atomic E-state index is 0.859. The van der Waals surface area contributed by atoms with Gasteiger partial charge in [-0.25, -0.2) is 9.97 Å². The van der Waals surface area contributed by atoms with Gasteiger partial charge in [-0.3, -0.25) is 0 Å². The molecule has 0 spiro atoms. The molecule has 0 radical (unpaired) electrons. The van der Waals surface area contributed by atoms with E-state index in [0.717, 1.165) is 36.4 Å². The topological polar surface area (TPSA) is 30.7 Å². The van der Waals surface area contributed by atoms with E-state index < -0.39 is 0 Å². The highest BCUT2D eigenvalue weighted by Crippen LogP contribution is 2.17. The third kappa shape index (κ3) is 2.44. The zero-order valence-corrected chi connectivity index (χ0v) is 12.0. The molecule has 0 N–H and O–H groups in total. The van der Waals surface area contributed by atoms with Gasteiger partial charge in [0, 0.05) is 19.2 Å². The number of hydrogen-bond acceptors (Lipinski definition) is 2. The van der Waals surface area contributed by atoms with Crippen LogP contribution in [0.3, 0.4) is 0 Å². The van der Waals surface area contributed by atoms with Gasteiger partial charge in [0.15, 0.2) is 5.65 Å². The maximum Gasteiger partial charge on any atom is 0.159 e. The van der Waals surface area contributed by atoms with Gasteiger partial charge in [-0.15, -0.1) is 0 Å². The number of benzene rings is 1. The van der Waals surface area contributed by atoms with E-state index in [0.29, 0.717) is 0 Å². The van der Waals surface area contributed by atoms with Crippen molar-refractivity contribution >= 4 is 11.2 Å². The van der Waals surface area contributed by atoms with E-state index in [1.165, 1.54) is 11.1 Å². The average Bonchev–Trinajstić information content (AvgIpc) is 2.77. The van der Waals surface area contributed by atoms with Crippen molar-refractivity contribution in [2.75, 3.05) is 0 Å². The van der Waals surface area contributed by atoms with Crippen molar-refractivity contribution < 1.29 is 0 Å². The first kappa shape index (κ1) is 12.9. The molecule has 0 fully saturated rings. The summed E-state index contributed by atoms with van der Waals surface area (Å²) >= 11 is 0. The van der Waals surface area contributed by atoms with E-state index in [9.17, 15) is 0 Å². The van der Waals surface area contributed by atoms with E-state index in [1.54, 1.807) is 0 Å². The molecule has 0 amide bonds. The molecule has 3 nitrogen and oxygen atoms in total. The second-order valence-corrected chi connectivity index (χ2v) is 5.19. The molecule has 2 heterocycles. The molecule has 20 heavy (non-hydrogen) atoms. The van der Waals surface area contributed by atoms with Crippen LogP contribution in [0.25, 0.3) is 11.2 Å². The van der Waals surface area contributed by atoms with Crippen molar-refractivity contribution in [2.24, 2.45) is 0 Å². The van der Waals surface area contributed by atoms with Gasteiger partial charge in [-0.05, 0) is 31.0 Å². The van der Waals surface area contributed by atoms with Gasteiger partial charge in [-0.2, -0.15) is 0 Å². The summed E-state index contributed by atoms with van der Waals surface area (Å²) in [4.78, 5) is 9.24. The van der Waals surface area contributed by atoms with Crippen LogP contribution >= 0.6 is 0 Å². The molecule has 0 aliphatic heterocycles. The minimum Gasteiger partial charge on any atom is -0.312 e. The van der Waals surface area contributed by atoms with Gasteiger partial charge in [0.2, 0.25) is 0 Å². The average molecular weight is 265 g/mol. The molecule has 3 aromatic rings. The van der Waals surface area contributed by atoms with E-state index >= 15 is 0 Å². The zero-order valence-electron chi connectivity index (χ0n) is 12.0. The molecular weight excluding hydrogens is 246 g/mol. The number of aryl methyl sites for hydroxylation is 2. The lowest BCUT2D eigenvalue weighted by atomic mass is 10.1. The first-order valence-electron chi connectivity index (χ1n) is 7.13. The van der Waals surface area contributed by atoms with Gasteiger partial charge < -0.3 is 4.57 Å². The Morgan fingerprint density at radius 2 is 2.05 bits per heavy atom. The highest BCUT2D eigenvalue weighted by molar-refractivity contribution is 5.71. The predicted molar refractivity (Wildman–Crippen MR) is 81.8 cm³/mol. The third-order valence-electron chi connectivity index (χ3n) is 3.47. The van der Waals surface area contributed by atoms with Crippen molar-refractivity contribution in [2.45, 2.75) is 33.2 Å². The van der Waals surface area contributed by atoms with Crippen LogP contribution in [0.1, 0.15) is 30.3 Å². The number of aromatic nitrogens is 3. The molecular formula is C17H19N3. The van der Waals surface area contributed by atoms with Crippen molar-refractivity contribution in [3.63, 3.8) is 0 Å². The Morgan fingerprint density at radius 3 is 2.85 bits per heavy atom. The summed E-state index contributed by atoms with van der Waals surface area (Å²) in [5.41, 5.74) is 4.58. The summed E-state index contributed by atoms with van der Waals surface area (Å²) in [6.45, 7) is 5.28. The normalized spacial score (nSPS) is 11.1. The maximum absolute atomic E-state index is 4.76. The number of pyridine rings is 1. The molecule has 3 heteroatoms. The van der Waals surface area contributed by atoms with Crippen LogP contribution in [-0.4, -0.2) is 14.5 Å². The Bertz CT molecular complexity index is 728. The summed E-state index contributed by atoms with van der Waals surface area (Å²) in [6, 6.07) is 12.6. The Morgan fingerprint density at radius 1 is 1.15 bits per heavy atom. The largest absolute Gasteiger partial charge is 0.312 e.